The first-order valence-corrected chi connectivity index (χ1v) is 19.8. The molecule has 0 saturated carbocycles. The van der Waals surface area contributed by atoms with Gasteiger partial charge in [-0.2, -0.15) is 0 Å². The van der Waals surface area contributed by atoms with Gasteiger partial charge in [-0.15, -0.1) is 34.9 Å². The van der Waals surface area contributed by atoms with Crippen molar-refractivity contribution in [3.05, 3.63) is 167 Å². The van der Waals surface area contributed by atoms with Crippen LogP contribution in [-0.4, -0.2) is 19.6 Å². The summed E-state index contributed by atoms with van der Waals surface area (Å²) in [5.41, 5.74) is 16.1. The molecule has 4 nitrogen and oxygen atoms in total. The minimum absolute atomic E-state index is 0. The van der Waals surface area contributed by atoms with Crippen LogP contribution in [0.1, 0.15) is 92.7 Å². The van der Waals surface area contributed by atoms with E-state index in [0.29, 0.717) is 17.8 Å². The molecule has 0 fully saturated rings. The number of pyridine rings is 1. The Morgan fingerprint density at radius 2 is 1.26 bits per heavy atom. The first-order valence-electron chi connectivity index (χ1n) is 19.8. The number of para-hydroxylation sites is 3. The molecular weight excluding hydrogens is 875 g/mol. The molecule has 0 aliphatic carbocycles. The number of phenolic OH excluding ortho intramolecular Hbond substituents is 1. The van der Waals surface area contributed by atoms with Gasteiger partial charge in [0.25, 0.3) is 0 Å². The van der Waals surface area contributed by atoms with Gasteiger partial charge in [-0.05, 0) is 117 Å². The average molecular weight is 927 g/mol. The molecule has 2 heterocycles. The van der Waals surface area contributed by atoms with E-state index in [9.17, 15) is 5.11 Å². The van der Waals surface area contributed by atoms with Crippen LogP contribution in [0.15, 0.2) is 128 Å². The molecule has 6 aromatic carbocycles. The van der Waals surface area contributed by atoms with E-state index in [2.05, 4.69) is 163 Å². The average Bonchev–Trinajstić information content (AvgIpc) is 3.56. The molecule has 1 radical (unpaired) electrons. The van der Waals surface area contributed by atoms with Crippen molar-refractivity contribution in [2.45, 2.75) is 80.1 Å². The zero-order valence-electron chi connectivity index (χ0n) is 34.5. The molecule has 8 rings (SSSR count). The fourth-order valence-corrected chi connectivity index (χ4v) is 7.92. The molecule has 1 N–H and O–H groups in total. The summed E-state index contributed by atoms with van der Waals surface area (Å²) >= 11 is 0. The van der Waals surface area contributed by atoms with Crippen molar-refractivity contribution in [2.24, 2.45) is 0 Å². The van der Waals surface area contributed by atoms with Crippen LogP contribution < -0.4 is 0 Å². The summed E-state index contributed by atoms with van der Waals surface area (Å²) in [4.78, 5) is 9.65. The van der Waals surface area contributed by atoms with Gasteiger partial charge in [-0.3, -0.25) is 4.57 Å². The van der Waals surface area contributed by atoms with Gasteiger partial charge in [0.1, 0.15) is 11.6 Å². The van der Waals surface area contributed by atoms with Crippen LogP contribution in [0.5, 0.6) is 5.75 Å². The normalized spacial score (nSPS) is 11.3. The van der Waals surface area contributed by atoms with Crippen molar-refractivity contribution >= 4 is 21.8 Å². The van der Waals surface area contributed by atoms with Crippen LogP contribution in [0.25, 0.3) is 61.3 Å². The van der Waals surface area contributed by atoms with Crippen molar-refractivity contribution in [1.82, 2.24) is 14.5 Å². The Balaban J connectivity index is 0.000000207. The van der Waals surface area contributed by atoms with E-state index < -0.39 is 0 Å². The summed E-state index contributed by atoms with van der Waals surface area (Å²) < 4.78 is 2.25. The minimum Gasteiger partial charge on any atom is -0.507 e. The van der Waals surface area contributed by atoms with E-state index in [0.717, 1.165) is 44.9 Å². The Morgan fingerprint density at radius 3 is 1.91 bits per heavy atom. The van der Waals surface area contributed by atoms with E-state index in [4.69, 9.17) is 4.98 Å². The molecule has 0 spiro atoms. The summed E-state index contributed by atoms with van der Waals surface area (Å²) in [5, 5.41) is 13.2. The standard InChI is InChI=1S/C31H30N2O.C21H22N.Ir/c1-20(2)25-18-23(22-12-6-5-7-13-22)19-26(21(3)4)30(25)33-28-16-10-9-15-27(28)32-31(33)24-14-8-11-17-29(24)34;1-13(2)19-12-17-6-7-22-21(20(17)11-16(19)5)18-9-14(3)8-15(4)10-18;/h5-21,34H,1-4H3;6-9,11-13H,1-5H3;/q;-1;. The van der Waals surface area contributed by atoms with Crippen LogP contribution in [-0.2, 0) is 20.1 Å². The van der Waals surface area contributed by atoms with Gasteiger partial charge in [0.05, 0.1) is 22.3 Å². The van der Waals surface area contributed by atoms with Crippen molar-refractivity contribution in [1.29, 1.82) is 0 Å². The molecule has 57 heavy (non-hydrogen) atoms. The smallest absolute Gasteiger partial charge is 0.149 e. The second kappa shape index (κ2) is 17.4. The third kappa shape index (κ3) is 8.52. The molecule has 8 aromatic rings. The Kier molecular flexibility index (Phi) is 12.6. The van der Waals surface area contributed by atoms with Crippen LogP contribution in [0.3, 0.4) is 0 Å². The minimum atomic E-state index is 0. The third-order valence-corrected chi connectivity index (χ3v) is 10.6. The van der Waals surface area contributed by atoms with Gasteiger partial charge in [0.2, 0.25) is 0 Å². The summed E-state index contributed by atoms with van der Waals surface area (Å²) in [6, 6.07) is 45.4. The topological polar surface area (TPSA) is 50.9 Å². The second-order valence-electron chi connectivity index (χ2n) is 16.0. The Bertz CT molecular complexity index is 2620. The first kappa shape index (κ1) is 41.3. The van der Waals surface area contributed by atoms with Crippen molar-refractivity contribution < 1.29 is 25.2 Å². The van der Waals surface area contributed by atoms with E-state index in [1.165, 1.54) is 49.7 Å². The summed E-state index contributed by atoms with van der Waals surface area (Å²) in [6.07, 6.45) is 1.91. The fraction of sp³-hybridized carbons (Fsp3) is 0.231. The van der Waals surface area contributed by atoms with E-state index >= 15 is 0 Å². The van der Waals surface area contributed by atoms with E-state index in [1.54, 1.807) is 6.07 Å². The number of benzene rings is 6. The molecule has 5 heteroatoms. The number of nitrogens with zero attached hydrogens (tertiary/aromatic N) is 3. The van der Waals surface area contributed by atoms with Gasteiger partial charge in [-0.25, -0.2) is 4.98 Å². The van der Waals surface area contributed by atoms with Crippen LogP contribution in [0.4, 0.5) is 0 Å². The quantitative estimate of drug-likeness (QED) is 0.162. The van der Waals surface area contributed by atoms with Crippen molar-refractivity contribution in [3.8, 4) is 45.2 Å². The summed E-state index contributed by atoms with van der Waals surface area (Å²) in [7, 11) is 0. The second-order valence-corrected chi connectivity index (χ2v) is 16.0. The molecule has 0 aliphatic rings. The molecule has 0 atom stereocenters. The molecule has 0 unspecified atom stereocenters. The molecule has 0 aliphatic heterocycles. The molecule has 2 aromatic heterocycles. The first-order chi connectivity index (χ1) is 26.9. The molecule has 291 valence electrons. The number of rotatable bonds is 7. The number of hydrogen-bond acceptors (Lipinski definition) is 3. The van der Waals surface area contributed by atoms with Crippen molar-refractivity contribution in [3.63, 3.8) is 0 Å². The third-order valence-electron chi connectivity index (χ3n) is 10.6. The van der Waals surface area contributed by atoms with Crippen LogP contribution in [0, 0.1) is 26.8 Å². The number of aromatic nitrogens is 3. The van der Waals surface area contributed by atoms with Crippen LogP contribution in [0.2, 0.25) is 0 Å². The Morgan fingerprint density at radius 1 is 0.632 bits per heavy atom. The fourth-order valence-electron chi connectivity index (χ4n) is 7.92. The van der Waals surface area contributed by atoms with E-state index in [1.807, 2.05) is 36.5 Å². The number of hydrogen-bond donors (Lipinski definition) is 1. The number of aromatic hydroxyl groups is 1. The van der Waals surface area contributed by atoms with Gasteiger partial charge in [0.15, 0.2) is 0 Å². The number of phenols is 1. The predicted molar refractivity (Wildman–Crippen MR) is 236 cm³/mol. The predicted octanol–water partition coefficient (Wildman–Crippen LogP) is 14.1. The van der Waals surface area contributed by atoms with Crippen molar-refractivity contribution in [2.75, 3.05) is 0 Å². The maximum absolute atomic E-state index is 10.8. The van der Waals surface area contributed by atoms with Gasteiger partial charge in [0, 0.05) is 26.3 Å². The molecule has 0 bridgehead atoms. The summed E-state index contributed by atoms with van der Waals surface area (Å²) in [5.74, 6) is 2.13. The maximum Gasteiger partial charge on any atom is 0.149 e. The van der Waals surface area contributed by atoms with Gasteiger partial charge in [-0.1, -0.05) is 122 Å². The van der Waals surface area contributed by atoms with E-state index in [-0.39, 0.29) is 25.9 Å². The van der Waals surface area contributed by atoms with Gasteiger partial charge >= 0.3 is 0 Å². The Hall–Kier alpha value is -5.35. The number of imidazole rings is 1. The number of aryl methyl sites for hydroxylation is 3. The number of fused-ring (bicyclic) bond motifs is 2. The molecule has 0 amide bonds. The van der Waals surface area contributed by atoms with Crippen LogP contribution >= 0.6 is 0 Å². The monoisotopic (exact) mass is 927 g/mol. The molecular formula is C52H52IrN3O-. The summed E-state index contributed by atoms with van der Waals surface area (Å²) in [6.45, 7) is 19.9. The zero-order valence-corrected chi connectivity index (χ0v) is 36.9. The van der Waals surface area contributed by atoms with Gasteiger partial charge < -0.3 is 10.1 Å². The molecule has 0 saturated heterocycles. The zero-order chi connectivity index (χ0) is 39.7. The largest absolute Gasteiger partial charge is 0.507 e. The maximum atomic E-state index is 10.8. The SMILES string of the molecule is CC(C)c1cc(-c2ccccc2)cc(C(C)C)c1-n1c(-c2ccccc2O)nc2ccccc21.Cc1[c-]c(-c2nccc3cc(C(C)C)c(C)cc23)cc(C)c1.[Ir]. The Labute approximate surface area is 352 Å².